The summed E-state index contributed by atoms with van der Waals surface area (Å²) in [5.41, 5.74) is 1.73. The lowest BCUT2D eigenvalue weighted by atomic mass is 10.2. The van der Waals surface area contributed by atoms with E-state index in [2.05, 4.69) is 30.5 Å². The van der Waals surface area contributed by atoms with Crippen molar-refractivity contribution in [2.45, 2.75) is 0 Å². The minimum Gasteiger partial charge on any atom is -0.379 e. The van der Waals surface area contributed by atoms with Crippen LogP contribution in [-0.4, -0.2) is 65.2 Å². The fraction of sp³-hybridized carbons (Fsp3) is 0.316. The van der Waals surface area contributed by atoms with Gasteiger partial charge in [0.05, 0.1) is 29.3 Å². The van der Waals surface area contributed by atoms with Gasteiger partial charge in [-0.05, 0) is 24.3 Å². The molecule has 1 aliphatic rings. The van der Waals surface area contributed by atoms with Crippen molar-refractivity contribution in [3.05, 3.63) is 46.9 Å². The van der Waals surface area contributed by atoms with Gasteiger partial charge in [0.2, 0.25) is 5.95 Å². The summed E-state index contributed by atoms with van der Waals surface area (Å²) in [6, 6.07) is 5.60. The maximum absolute atomic E-state index is 13.3. The molecular weight excluding hydrogens is 399 g/mol. The van der Waals surface area contributed by atoms with Gasteiger partial charge in [0, 0.05) is 38.1 Å². The lowest BCUT2D eigenvalue weighted by Gasteiger charge is -2.26. The Hall–Kier alpha value is -2.75. The molecular formula is C19H20ClFN6O2. The Bertz CT molecular complexity index is 1020. The van der Waals surface area contributed by atoms with Crippen LogP contribution in [0.3, 0.4) is 0 Å². The van der Waals surface area contributed by atoms with Gasteiger partial charge in [-0.1, -0.05) is 11.6 Å². The van der Waals surface area contributed by atoms with Gasteiger partial charge in [-0.2, -0.15) is 4.98 Å². The predicted octanol–water partition coefficient (Wildman–Crippen LogP) is 2.75. The number of amides is 1. The lowest BCUT2D eigenvalue weighted by molar-refractivity contribution is 0.0398. The molecule has 1 fully saturated rings. The van der Waals surface area contributed by atoms with Gasteiger partial charge >= 0.3 is 0 Å². The third kappa shape index (κ3) is 4.64. The predicted molar refractivity (Wildman–Crippen MR) is 109 cm³/mol. The van der Waals surface area contributed by atoms with Crippen molar-refractivity contribution in [2.24, 2.45) is 0 Å². The van der Waals surface area contributed by atoms with Crippen molar-refractivity contribution in [3.8, 4) is 0 Å². The molecule has 8 nitrogen and oxygen atoms in total. The van der Waals surface area contributed by atoms with Crippen LogP contribution < -0.4 is 10.6 Å². The number of H-pyrrole nitrogens is 1. The van der Waals surface area contributed by atoms with E-state index in [1.165, 1.54) is 24.4 Å². The number of carbonyl (C=O) groups excluding carboxylic acids is 1. The average Bonchev–Trinajstić information content (AvgIpc) is 3.14. The van der Waals surface area contributed by atoms with Crippen LogP contribution in [0.5, 0.6) is 0 Å². The van der Waals surface area contributed by atoms with Crippen LogP contribution in [0.2, 0.25) is 5.02 Å². The van der Waals surface area contributed by atoms with E-state index in [4.69, 9.17) is 16.3 Å². The average molecular weight is 419 g/mol. The number of hydrogen-bond acceptors (Lipinski definition) is 6. The summed E-state index contributed by atoms with van der Waals surface area (Å²) in [6.45, 7) is 4.92. The van der Waals surface area contributed by atoms with Crippen molar-refractivity contribution >= 4 is 40.3 Å². The largest absolute Gasteiger partial charge is 0.379 e. The molecule has 152 valence electrons. The van der Waals surface area contributed by atoms with Crippen LogP contribution in [0.1, 0.15) is 10.4 Å². The van der Waals surface area contributed by atoms with E-state index < -0.39 is 5.82 Å². The number of halogens is 2. The molecule has 0 atom stereocenters. The molecule has 1 aromatic carbocycles. The molecule has 4 rings (SSSR count). The summed E-state index contributed by atoms with van der Waals surface area (Å²) in [4.78, 5) is 26.7. The molecule has 0 spiro atoms. The van der Waals surface area contributed by atoms with Crippen LogP contribution in [0, 0.1) is 5.82 Å². The van der Waals surface area contributed by atoms with Gasteiger partial charge in [-0.15, -0.1) is 0 Å². The fourth-order valence-corrected chi connectivity index (χ4v) is 3.29. The minimum absolute atomic E-state index is 0.0593. The van der Waals surface area contributed by atoms with Crippen molar-refractivity contribution in [3.63, 3.8) is 0 Å². The van der Waals surface area contributed by atoms with Gasteiger partial charge in [-0.3, -0.25) is 9.69 Å². The van der Waals surface area contributed by atoms with E-state index in [9.17, 15) is 9.18 Å². The summed E-state index contributed by atoms with van der Waals surface area (Å²) < 4.78 is 18.7. The normalized spacial score (nSPS) is 14.8. The van der Waals surface area contributed by atoms with Gasteiger partial charge < -0.3 is 20.4 Å². The van der Waals surface area contributed by atoms with Crippen molar-refractivity contribution in [1.29, 1.82) is 0 Å². The summed E-state index contributed by atoms with van der Waals surface area (Å²) in [6.07, 6.45) is 1.52. The van der Waals surface area contributed by atoms with E-state index >= 15 is 0 Å². The molecule has 2 aromatic heterocycles. The number of nitrogens with zero attached hydrogens (tertiary/aromatic N) is 3. The highest BCUT2D eigenvalue weighted by molar-refractivity contribution is 6.31. The third-order valence-electron chi connectivity index (χ3n) is 4.64. The van der Waals surface area contributed by atoms with E-state index in [1.54, 1.807) is 6.07 Å². The molecule has 29 heavy (non-hydrogen) atoms. The number of fused-ring (bicyclic) bond motifs is 1. The van der Waals surface area contributed by atoms with Gasteiger partial charge in [0.1, 0.15) is 5.82 Å². The zero-order valence-electron chi connectivity index (χ0n) is 15.5. The standard InChI is InChI=1S/C19H20ClFN6O2/c20-14-11-12(1-2-15(14)21)24-18(28)13-3-4-22-17-16(13)25-19(26-17)23-5-6-27-7-9-29-10-8-27/h1-4,11H,5-10H2,(H,24,28)(H2,22,23,25,26). The highest BCUT2D eigenvalue weighted by Gasteiger charge is 2.16. The van der Waals surface area contributed by atoms with E-state index in [0.717, 1.165) is 32.8 Å². The second-order valence-electron chi connectivity index (χ2n) is 6.61. The monoisotopic (exact) mass is 418 g/mol. The van der Waals surface area contributed by atoms with Gasteiger partial charge in [0.15, 0.2) is 5.65 Å². The molecule has 3 aromatic rings. The van der Waals surface area contributed by atoms with Crippen LogP contribution in [0.15, 0.2) is 30.5 Å². The van der Waals surface area contributed by atoms with Crippen molar-refractivity contribution < 1.29 is 13.9 Å². The number of rotatable bonds is 6. The molecule has 3 N–H and O–H groups in total. The Balaban J connectivity index is 1.45. The molecule has 1 saturated heterocycles. The quantitative estimate of drug-likeness (QED) is 0.569. The fourth-order valence-electron chi connectivity index (χ4n) is 3.11. The molecule has 0 aliphatic carbocycles. The first-order valence-electron chi connectivity index (χ1n) is 9.25. The number of morpholine rings is 1. The number of pyridine rings is 1. The number of nitrogens with one attached hydrogen (secondary N) is 3. The highest BCUT2D eigenvalue weighted by Crippen LogP contribution is 2.22. The topological polar surface area (TPSA) is 95.2 Å². The molecule has 1 amide bonds. The number of imidazole rings is 1. The van der Waals surface area contributed by atoms with E-state index in [0.29, 0.717) is 34.9 Å². The Labute approximate surface area is 171 Å². The first-order valence-corrected chi connectivity index (χ1v) is 9.63. The Morgan fingerprint density at radius 2 is 2.14 bits per heavy atom. The van der Waals surface area contributed by atoms with Crippen molar-refractivity contribution in [1.82, 2.24) is 19.9 Å². The van der Waals surface area contributed by atoms with Crippen molar-refractivity contribution in [2.75, 3.05) is 50.0 Å². The first kappa shape index (κ1) is 19.6. The zero-order chi connectivity index (χ0) is 20.2. The molecule has 0 unspecified atom stereocenters. The third-order valence-corrected chi connectivity index (χ3v) is 4.93. The molecule has 1 aliphatic heterocycles. The maximum atomic E-state index is 13.3. The maximum Gasteiger partial charge on any atom is 0.257 e. The number of aromatic nitrogens is 3. The number of anilines is 2. The van der Waals surface area contributed by atoms with Gasteiger partial charge in [0.25, 0.3) is 5.91 Å². The lowest BCUT2D eigenvalue weighted by Crippen LogP contribution is -2.39. The summed E-state index contributed by atoms with van der Waals surface area (Å²) in [5.74, 6) is -0.369. The second kappa shape index (κ2) is 8.73. The van der Waals surface area contributed by atoms with Crippen LogP contribution in [0.25, 0.3) is 11.2 Å². The molecule has 3 heterocycles. The highest BCUT2D eigenvalue weighted by atomic mass is 35.5. The van der Waals surface area contributed by atoms with E-state index in [-0.39, 0.29) is 10.9 Å². The summed E-state index contributed by atoms with van der Waals surface area (Å²) in [5, 5.41) is 5.88. The zero-order valence-corrected chi connectivity index (χ0v) is 16.3. The Morgan fingerprint density at radius 3 is 2.93 bits per heavy atom. The minimum atomic E-state index is -0.544. The van der Waals surface area contributed by atoms with Gasteiger partial charge in [-0.25, -0.2) is 9.37 Å². The first-order chi connectivity index (χ1) is 14.1. The van der Waals surface area contributed by atoms with Crippen LogP contribution in [0.4, 0.5) is 16.0 Å². The Kier molecular flexibility index (Phi) is 5.89. The second-order valence-corrected chi connectivity index (χ2v) is 7.01. The molecule has 0 bridgehead atoms. The van der Waals surface area contributed by atoms with Crippen LogP contribution >= 0.6 is 11.6 Å². The number of ether oxygens (including phenoxy) is 1. The van der Waals surface area contributed by atoms with E-state index in [1.807, 2.05) is 0 Å². The van der Waals surface area contributed by atoms with Crippen LogP contribution in [-0.2, 0) is 4.74 Å². The number of aromatic amines is 1. The number of hydrogen-bond donors (Lipinski definition) is 3. The smallest absolute Gasteiger partial charge is 0.257 e. The SMILES string of the molecule is O=C(Nc1ccc(F)c(Cl)c1)c1ccnc2nc(NCCN3CCOCC3)[nH]c12. The molecule has 0 saturated carbocycles. The number of benzene rings is 1. The Morgan fingerprint density at radius 1 is 1.31 bits per heavy atom. The molecule has 0 radical (unpaired) electrons. The summed E-state index contributed by atoms with van der Waals surface area (Å²) >= 11 is 5.78. The number of carbonyl (C=O) groups is 1. The molecule has 10 heteroatoms. The summed E-state index contributed by atoms with van der Waals surface area (Å²) in [7, 11) is 0.